The van der Waals surface area contributed by atoms with Crippen LogP contribution in [0.4, 0.5) is 22.0 Å². The topological polar surface area (TPSA) is 111 Å². The molecule has 9 nitrogen and oxygen atoms in total. The minimum absolute atomic E-state index is 0.0750. The number of hydrogen-bond donors (Lipinski definition) is 0. The monoisotopic (exact) mass is 530 g/mol. The lowest BCUT2D eigenvalue weighted by molar-refractivity contribution is -0.137. The van der Waals surface area contributed by atoms with Crippen molar-refractivity contribution in [1.82, 2.24) is 29.6 Å². The zero-order chi connectivity index (χ0) is 26.3. The fourth-order valence-electron chi connectivity index (χ4n) is 3.43. The summed E-state index contributed by atoms with van der Waals surface area (Å²) in [5.41, 5.74) is -2.22. The zero-order valence-electron chi connectivity index (χ0n) is 18.6. The predicted molar refractivity (Wildman–Crippen MR) is 114 cm³/mol. The van der Waals surface area contributed by atoms with Crippen LogP contribution in [-0.2, 0) is 16.0 Å². The molecule has 0 aliphatic heterocycles. The van der Waals surface area contributed by atoms with Gasteiger partial charge >= 0.3 is 11.9 Å². The summed E-state index contributed by atoms with van der Waals surface area (Å²) < 4.78 is 91.8. The number of sulfone groups is 1. The van der Waals surface area contributed by atoms with Gasteiger partial charge < -0.3 is 4.90 Å². The number of halogens is 5. The molecule has 1 fully saturated rings. The molecule has 2 heterocycles. The zero-order valence-corrected chi connectivity index (χ0v) is 19.4. The molecule has 1 amide bonds. The van der Waals surface area contributed by atoms with Gasteiger partial charge in [0.15, 0.2) is 5.82 Å². The standard InChI is InChI=1S/C21H19F5N6O3S/c1-12(17-29-11-32(30-17)20-27-5-2-6-28-20)31(10-13-3-4-13)18(33)14-7-15(21(24,25)26)9-16(8-14)36(34,35)19(22)23/h2,5-9,11-13,19H,3-4,10H2,1H3. The van der Waals surface area contributed by atoms with Crippen molar-refractivity contribution in [2.45, 2.75) is 42.6 Å². The van der Waals surface area contributed by atoms with Gasteiger partial charge in [0.2, 0.25) is 9.84 Å². The van der Waals surface area contributed by atoms with Gasteiger partial charge in [-0.2, -0.15) is 26.6 Å². The molecule has 36 heavy (non-hydrogen) atoms. The number of benzene rings is 1. The van der Waals surface area contributed by atoms with Crippen molar-refractivity contribution in [3.63, 3.8) is 0 Å². The van der Waals surface area contributed by atoms with Crippen LogP contribution in [0.1, 0.15) is 47.6 Å². The Bertz CT molecular complexity index is 1360. The van der Waals surface area contributed by atoms with E-state index in [1.807, 2.05) is 0 Å². The van der Waals surface area contributed by atoms with Crippen molar-refractivity contribution in [3.05, 3.63) is 59.9 Å². The maximum atomic E-state index is 13.5. The highest BCUT2D eigenvalue weighted by Gasteiger charge is 2.37. The Balaban J connectivity index is 1.73. The molecule has 3 aromatic rings. The number of alkyl halides is 5. The molecule has 4 rings (SSSR count). The van der Waals surface area contributed by atoms with E-state index in [4.69, 9.17) is 0 Å². The van der Waals surface area contributed by atoms with E-state index >= 15 is 0 Å². The molecule has 1 atom stereocenters. The molecule has 1 unspecified atom stereocenters. The van der Waals surface area contributed by atoms with Crippen LogP contribution in [0, 0.1) is 5.92 Å². The molecule has 0 saturated heterocycles. The first-order valence-electron chi connectivity index (χ1n) is 10.6. The van der Waals surface area contributed by atoms with Gasteiger partial charge in [-0.15, -0.1) is 5.10 Å². The Morgan fingerprint density at radius 3 is 2.39 bits per heavy atom. The molecular formula is C21H19F5N6O3S. The largest absolute Gasteiger partial charge is 0.416 e. The number of nitrogens with zero attached hydrogens (tertiary/aromatic N) is 6. The first-order valence-corrected chi connectivity index (χ1v) is 12.2. The summed E-state index contributed by atoms with van der Waals surface area (Å²) in [6.45, 7) is 1.68. The van der Waals surface area contributed by atoms with E-state index in [1.165, 1.54) is 28.3 Å². The highest BCUT2D eigenvalue weighted by Crippen LogP contribution is 2.36. The van der Waals surface area contributed by atoms with Gasteiger partial charge in [-0.25, -0.2) is 23.4 Å². The van der Waals surface area contributed by atoms with Crippen molar-refractivity contribution >= 4 is 15.7 Å². The fourth-order valence-corrected chi connectivity index (χ4v) is 4.22. The molecule has 0 N–H and O–H groups in total. The normalized spacial score (nSPS) is 15.2. The number of aromatic nitrogens is 5. The molecule has 0 spiro atoms. The van der Waals surface area contributed by atoms with E-state index in [1.54, 1.807) is 13.0 Å². The fraction of sp³-hybridized carbons (Fsp3) is 0.381. The van der Waals surface area contributed by atoms with Gasteiger partial charge in [-0.1, -0.05) is 0 Å². The second-order valence-electron chi connectivity index (χ2n) is 8.22. The number of carbonyl (C=O) groups excluding carboxylic acids is 1. The van der Waals surface area contributed by atoms with E-state index in [0.29, 0.717) is 12.1 Å². The molecule has 15 heteroatoms. The van der Waals surface area contributed by atoms with Crippen LogP contribution in [0.5, 0.6) is 0 Å². The second-order valence-corrected chi connectivity index (χ2v) is 10.1. The summed E-state index contributed by atoms with van der Waals surface area (Å²) in [5, 5.41) is 4.25. The first-order chi connectivity index (χ1) is 16.9. The van der Waals surface area contributed by atoms with Gasteiger partial charge in [0, 0.05) is 24.5 Å². The van der Waals surface area contributed by atoms with E-state index in [9.17, 15) is 35.2 Å². The molecule has 1 aliphatic carbocycles. The van der Waals surface area contributed by atoms with Crippen LogP contribution in [0.2, 0.25) is 0 Å². The van der Waals surface area contributed by atoms with Crippen molar-refractivity contribution < 1.29 is 35.2 Å². The van der Waals surface area contributed by atoms with Crippen LogP contribution in [0.3, 0.4) is 0 Å². The summed E-state index contributed by atoms with van der Waals surface area (Å²) >= 11 is 0. The van der Waals surface area contributed by atoms with Crippen molar-refractivity contribution in [3.8, 4) is 5.95 Å². The predicted octanol–water partition coefficient (Wildman–Crippen LogP) is 3.69. The molecule has 1 aromatic carbocycles. The third kappa shape index (κ3) is 5.34. The summed E-state index contributed by atoms with van der Waals surface area (Å²) in [7, 11) is -5.40. The minimum atomic E-state index is -5.40. The maximum Gasteiger partial charge on any atom is 0.416 e. The number of amides is 1. The second kappa shape index (κ2) is 9.52. The molecule has 0 bridgehead atoms. The average molecular weight is 530 g/mol. The number of hydrogen-bond acceptors (Lipinski definition) is 7. The lowest BCUT2D eigenvalue weighted by Gasteiger charge is -2.28. The molecule has 1 aliphatic rings. The number of carbonyl (C=O) groups is 1. The molecule has 1 saturated carbocycles. The SMILES string of the molecule is CC(c1ncn(-c2ncccn2)n1)N(CC1CC1)C(=O)c1cc(C(F)(F)F)cc(S(=O)(=O)C(F)F)c1. The molecule has 2 aromatic heterocycles. The smallest absolute Gasteiger partial charge is 0.328 e. The van der Waals surface area contributed by atoms with E-state index in [0.717, 1.165) is 12.8 Å². The summed E-state index contributed by atoms with van der Waals surface area (Å²) in [6.07, 6.45) is 0.751. The molecule has 192 valence electrons. The highest BCUT2D eigenvalue weighted by molar-refractivity contribution is 7.91. The Morgan fingerprint density at radius 2 is 1.81 bits per heavy atom. The van der Waals surface area contributed by atoms with Gasteiger partial charge in [0.1, 0.15) is 6.33 Å². The highest BCUT2D eigenvalue weighted by atomic mass is 32.2. The summed E-state index contributed by atoms with van der Waals surface area (Å²) in [4.78, 5) is 25.5. The van der Waals surface area contributed by atoms with Crippen molar-refractivity contribution in [2.75, 3.05) is 6.54 Å². The quantitative estimate of drug-likeness (QED) is 0.409. The lowest BCUT2D eigenvalue weighted by Crippen LogP contribution is -2.36. The maximum absolute atomic E-state index is 13.5. The Labute approximate surface area is 201 Å². The van der Waals surface area contributed by atoms with Gasteiger partial charge in [-0.05, 0) is 49.9 Å². The van der Waals surface area contributed by atoms with Gasteiger partial charge in [-0.3, -0.25) is 4.79 Å². The third-order valence-corrected chi connectivity index (χ3v) is 6.93. The van der Waals surface area contributed by atoms with Crippen LogP contribution in [-0.4, -0.2) is 56.3 Å². The van der Waals surface area contributed by atoms with E-state index in [-0.39, 0.29) is 30.3 Å². The Kier molecular flexibility index (Phi) is 6.77. The van der Waals surface area contributed by atoms with Crippen LogP contribution < -0.4 is 0 Å². The minimum Gasteiger partial charge on any atom is -0.328 e. The summed E-state index contributed by atoms with van der Waals surface area (Å²) in [6, 6.07) is 1.82. The lowest BCUT2D eigenvalue weighted by atomic mass is 10.1. The van der Waals surface area contributed by atoms with Gasteiger partial charge in [0.05, 0.1) is 16.5 Å². The molecular weight excluding hydrogens is 511 g/mol. The van der Waals surface area contributed by atoms with E-state index in [2.05, 4.69) is 20.1 Å². The average Bonchev–Trinajstić information content (AvgIpc) is 3.53. The van der Waals surface area contributed by atoms with Crippen LogP contribution in [0.25, 0.3) is 5.95 Å². The van der Waals surface area contributed by atoms with Crippen molar-refractivity contribution in [1.29, 1.82) is 0 Å². The number of rotatable bonds is 8. The Hall–Kier alpha value is -3.49. The van der Waals surface area contributed by atoms with Crippen LogP contribution >= 0.6 is 0 Å². The Morgan fingerprint density at radius 1 is 1.14 bits per heavy atom. The van der Waals surface area contributed by atoms with Gasteiger partial charge in [0.25, 0.3) is 11.9 Å². The third-order valence-electron chi connectivity index (χ3n) is 5.56. The van der Waals surface area contributed by atoms with Crippen LogP contribution in [0.15, 0.2) is 47.9 Å². The molecule has 0 radical (unpaired) electrons. The van der Waals surface area contributed by atoms with E-state index < -0.39 is 49.7 Å². The van der Waals surface area contributed by atoms with Crippen molar-refractivity contribution in [2.24, 2.45) is 5.92 Å². The summed E-state index contributed by atoms with van der Waals surface area (Å²) in [5.74, 6) is -4.53. The first kappa shape index (κ1) is 25.6.